The highest BCUT2D eigenvalue weighted by Gasteiger charge is 2.33. The summed E-state index contributed by atoms with van der Waals surface area (Å²) in [6.45, 7) is 19.8. The zero-order valence-electron chi connectivity index (χ0n) is 20.2. The van der Waals surface area contributed by atoms with Crippen LogP contribution in [0.2, 0.25) is 0 Å². The van der Waals surface area contributed by atoms with Crippen molar-refractivity contribution in [3.8, 4) is 34.5 Å². The molecule has 1 aromatic rings. The van der Waals surface area contributed by atoms with E-state index in [1.165, 1.54) is 6.42 Å². The molecule has 31 heavy (non-hydrogen) atoms. The molecule has 1 aromatic carbocycles. The lowest BCUT2D eigenvalue weighted by molar-refractivity contribution is -0.204. The third kappa shape index (κ3) is 8.57. The first-order chi connectivity index (χ1) is 14.9. The Balaban J connectivity index is 0.00000282. The number of esters is 1. The number of ether oxygens (including phenoxy) is 5. The highest BCUT2D eigenvalue weighted by molar-refractivity contribution is 5.90. The van der Waals surface area contributed by atoms with E-state index in [1.807, 2.05) is 0 Å². The SMILES string of the molecule is C=C(C)C(=O)Oc1c(OCC)c(OCC)c(OOCC)c(OCC)c1OCC.CCC. The largest absolute Gasteiger partial charge is 0.486 e. The summed E-state index contributed by atoms with van der Waals surface area (Å²) >= 11 is 0. The van der Waals surface area contributed by atoms with Gasteiger partial charge >= 0.3 is 5.97 Å². The average molecular weight is 443 g/mol. The van der Waals surface area contributed by atoms with E-state index in [9.17, 15) is 4.79 Å². The van der Waals surface area contributed by atoms with E-state index in [-0.39, 0.29) is 59.9 Å². The Hall–Kier alpha value is -2.61. The van der Waals surface area contributed by atoms with Gasteiger partial charge in [-0.25, -0.2) is 4.79 Å². The molecular formula is C23H38O8. The van der Waals surface area contributed by atoms with Crippen LogP contribution < -0.4 is 28.6 Å². The summed E-state index contributed by atoms with van der Waals surface area (Å²) in [6.07, 6.45) is 1.25. The van der Waals surface area contributed by atoms with Crippen molar-refractivity contribution in [1.82, 2.24) is 0 Å². The van der Waals surface area contributed by atoms with Crippen LogP contribution in [0.25, 0.3) is 0 Å². The fourth-order valence-corrected chi connectivity index (χ4v) is 2.19. The van der Waals surface area contributed by atoms with Gasteiger partial charge in [-0.15, -0.1) is 0 Å². The molecule has 0 amide bonds. The lowest BCUT2D eigenvalue weighted by atomic mass is 10.2. The molecule has 0 saturated carbocycles. The molecule has 1 rings (SSSR count). The Morgan fingerprint density at radius 3 is 1.29 bits per heavy atom. The zero-order chi connectivity index (χ0) is 23.8. The molecule has 0 bridgehead atoms. The van der Waals surface area contributed by atoms with Crippen LogP contribution in [-0.2, 0) is 9.68 Å². The van der Waals surface area contributed by atoms with Crippen LogP contribution in [0.3, 0.4) is 0 Å². The molecule has 8 nitrogen and oxygen atoms in total. The van der Waals surface area contributed by atoms with Crippen molar-refractivity contribution in [3.63, 3.8) is 0 Å². The Morgan fingerprint density at radius 2 is 1.00 bits per heavy atom. The number of hydrogen-bond acceptors (Lipinski definition) is 8. The Labute approximate surface area is 186 Å². The van der Waals surface area contributed by atoms with Gasteiger partial charge in [-0.3, -0.25) is 0 Å². The molecule has 0 aliphatic carbocycles. The van der Waals surface area contributed by atoms with Gasteiger partial charge in [-0.1, -0.05) is 26.8 Å². The third-order valence-corrected chi connectivity index (χ3v) is 3.20. The molecule has 0 spiro atoms. The molecule has 0 fully saturated rings. The van der Waals surface area contributed by atoms with Crippen molar-refractivity contribution in [3.05, 3.63) is 12.2 Å². The third-order valence-electron chi connectivity index (χ3n) is 3.20. The fraction of sp³-hybridized carbons (Fsp3) is 0.609. The van der Waals surface area contributed by atoms with Gasteiger partial charge in [-0.05, 0) is 41.5 Å². The summed E-state index contributed by atoms with van der Waals surface area (Å²) in [5.74, 6) is 0.231. The van der Waals surface area contributed by atoms with Crippen LogP contribution in [-0.4, -0.2) is 39.0 Å². The maximum Gasteiger partial charge on any atom is 0.338 e. The second-order valence-corrected chi connectivity index (χ2v) is 6.07. The van der Waals surface area contributed by atoms with Gasteiger partial charge in [0, 0.05) is 5.57 Å². The van der Waals surface area contributed by atoms with E-state index in [2.05, 4.69) is 20.4 Å². The highest BCUT2D eigenvalue weighted by atomic mass is 17.2. The minimum absolute atomic E-state index is 0.0347. The molecule has 0 aromatic heterocycles. The number of carbonyl (C=O) groups is 1. The normalized spacial score (nSPS) is 9.81. The summed E-state index contributed by atoms with van der Waals surface area (Å²) in [5, 5.41) is 0. The van der Waals surface area contributed by atoms with E-state index in [4.69, 9.17) is 33.5 Å². The van der Waals surface area contributed by atoms with Crippen molar-refractivity contribution in [1.29, 1.82) is 0 Å². The minimum atomic E-state index is -0.634. The van der Waals surface area contributed by atoms with E-state index >= 15 is 0 Å². The Kier molecular flexibility index (Phi) is 14.8. The van der Waals surface area contributed by atoms with Gasteiger partial charge in [-0.2, -0.15) is 4.89 Å². The predicted molar refractivity (Wildman–Crippen MR) is 120 cm³/mol. The molecule has 0 aliphatic rings. The molecule has 0 heterocycles. The van der Waals surface area contributed by atoms with Gasteiger partial charge in [0.2, 0.25) is 28.7 Å². The number of carbonyl (C=O) groups excluding carboxylic acids is 1. The molecule has 178 valence electrons. The van der Waals surface area contributed by atoms with Crippen molar-refractivity contribution in [2.75, 3.05) is 33.0 Å². The van der Waals surface area contributed by atoms with Crippen molar-refractivity contribution in [2.24, 2.45) is 0 Å². The summed E-state index contributed by atoms with van der Waals surface area (Å²) in [5.41, 5.74) is 0.218. The topological polar surface area (TPSA) is 81.7 Å². The summed E-state index contributed by atoms with van der Waals surface area (Å²) in [4.78, 5) is 22.8. The number of hydrogen-bond donors (Lipinski definition) is 0. The van der Waals surface area contributed by atoms with Gasteiger partial charge in [0.05, 0.1) is 33.0 Å². The van der Waals surface area contributed by atoms with Gasteiger partial charge in [0.15, 0.2) is 0 Å². The maximum atomic E-state index is 12.3. The van der Waals surface area contributed by atoms with Gasteiger partial charge in [0.25, 0.3) is 5.75 Å². The smallest absolute Gasteiger partial charge is 0.338 e. The first-order valence-corrected chi connectivity index (χ1v) is 10.8. The summed E-state index contributed by atoms with van der Waals surface area (Å²) in [6, 6.07) is 0. The monoisotopic (exact) mass is 442 g/mol. The van der Waals surface area contributed by atoms with Crippen LogP contribution >= 0.6 is 0 Å². The highest BCUT2D eigenvalue weighted by Crippen LogP contribution is 2.58. The fourth-order valence-electron chi connectivity index (χ4n) is 2.19. The van der Waals surface area contributed by atoms with Crippen molar-refractivity contribution in [2.45, 2.75) is 61.8 Å². The molecule has 8 heteroatoms. The standard InChI is InChI=1S/C20H30O8.C3H8/c1-8-22-14-16(24-10-3)19(28-26-12-5)17(25-11-4)15(23-9-2)18(14)27-20(21)13(6)7;1-3-2/h6,8-12H2,1-5,7H3;3H2,1-2H3. The Bertz CT molecular complexity index is 648. The summed E-state index contributed by atoms with van der Waals surface area (Å²) in [7, 11) is 0. The van der Waals surface area contributed by atoms with Crippen LogP contribution in [0.4, 0.5) is 0 Å². The van der Waals surface area contributed by atoms with E-state index in [1.54, 1.807) is 41.5 Å². The zero-order valence-corrected chi connectivity index (χ0v) is 20.2. The predicted octanol–water partition coefficient (Wildman–Crippen LogP) is 5.51. The molecule has 0 saturated heterocycles. The van der Waals surface area contributed by atoms with E-state index in [0.29, 0.717) is 13.2 Å². The van der Waals surface area contributed by atoms with Crippen LogP contribution in [0.1, 0.15) is 61.8 Å². The number of benzene rings is 1. The van der Waals surface area contributed by atoms with Crippen LogP contribution in [0, 0.1) is 0 Å². The molecular weight excluding hydrogens is 404 g/mol. The summed E-state index contributed by atoms with van der Waals surface area (Å²) < 4.78 is 28.5. The van der Waals surface area contributed by atoms with E-state index < -0.39 is 5.97 Å². The minimum Gasteiger partial charge on any atom is -0.486 e. The Morgan fingerprint density at radius 1 is 0.645 bits per heavy atom. The quantitative estimate of drug-likeness (QED) is 0.130. The first kappa shape index (κ1) is 28.4. The molecule has 0 N–H and O–H groups in total. The molecule has 0 unspecified atom stereocenters. The lowest BCUT2D eigenvalue weighted by Gasteiger charge is -2.23. The number of rotatable bonds is 13. The van der Waals surface area contributed by atoms with Gasteiger partial charge < -0.3 is 28.6 Å². The molecule has 0 aliphatic heterocycles. The second-order valence-electron chi connectivity index (χ2n) is 6.07. The average Bonchev–Trinajstić information content (AvgIpc) is 2.73. The molecule has 0 atom stereocenters. The lowest BCUT2D eigenvalue weighted by Crippen LogP contribution is -2.14. The van der Waals surface area contributed by atoms with E-state index in [0.717, 1.165) is 0 Å². The van der Waals surface area contributed by atoms with Gasteiger partial charge in [0.1, 0.15) is 0 Å². The van der Waals surface area contributed by atoms with Crippen molar-refractivity contribution >= 4 is 5.97 Å². The van der Waals surface area contributed by atoms with Crippen LogP contribution in [0.15, 0.2) is 12.2 Å². The van der Waals surface area contributed by atoms with Crippen molar-refractivity contribution < 1.29 is 38.3 Å². The second kappa shape index (κ2) is 16.1. The van der Waals surface area contributed by atoms with Crippen LogP contribution in [0.5, 0.6) is 34.5 Å². The maximum absolute atomic E-state index is 12.3. The first-order valence-electron chi connectivity index (χ1n) is 10.8. The molecule has 0 radical (unpaired) electrons.